The molecule has 0 saturated carbocycles. The van der Waals surface area contributed by atoms with Gasteiger partial charge in [-0.1, -0.05) is 6.05 Å². The van der Waals surface area contributed by atoms with Gasteiger partial charge in [0.2, 0.25) is 0 Å². The Labute approximate surface area is 70.4 Å². The summed E-state index contributed by atoms with van der Waals surface area (Å²) in [4.78, 5) is 0. The molecule has 5 heavy (non-hydrogen) atoms. The van der Waals surface area contributed by atoms with Crippen molar-refractivity contribution in [2.45, 2.75) is 6.92 Å². The van der Waals surface area contributed by atoms with Crippen LogP contribution in [0.25, 0.3) is 0 Å². The van der Waals surface area contributed by atoms with Gasteiger partial charge in [-0.3, -0.25) is 0 Å². The van der Waals surface area contributed by atoms with Gasteiger partial charge in [0, 0.05) is 44.1 Å². The van der Waals surface area contributed by atoms with Crippen LogP contribution in [0.3, 0.4) is 0 Å². The zero-order valence-electron chi connectivity index (χ0n) is 5.02. The Hall–Kier alpha value is 0.982. The number of aliphatic hydroxyl groups excluding tert-OH is 1. The van der Waals surface area contributed by atoms with Gasteiger partial charge in [-0.15, -0.1) is 0 Å². The average molecular weight is 287 g/mol. The topological polar surface area (TPSA) is 20.2 Å². The van der Waals surface area contributed by atoms with Crippen LogP contribution < -0.4 is 0 Å². The summed E-state index contributed by atoms with van der Waals surface area (Å²) in [5, 5.41) is 7.99. The number of aliphatic hydroxyl groups is 1. The molecule has 1 N–H and O–H groups in total. The summed E-state index contributed by atoms with van der Waals surface area (Å²) >= 11 is 0. The van der Waals surface area contributed by atoms with Gasteiger partial charge in [-0.25, -0.2) is 0 Å². The van der Waals surface area contributed by atoms with Crippen LogP contribution >= 0.6 is 0 Å². The molecule has 0 aromatic carbocycles. The molecule has 0 amide bonds. The SMILES string of the molecule is [2H]/C(C)=C(\[2H])O.[Ac]. The molecule has 0 aliphatic heterocycles. The molecule has 2 heteroatoms. The van der Waals surface area contributed by atoms with E-state index in [0.717, 1.165) is 0 Å². The smallest absolute Gasteiger partial charge is 0.103 e. The van der Waals surface area contributed by atoms with Crippen molar-refractivity contribution < 1.29 is 51.9 Å². The molecular weight excluding hydrogens is 279 g/mol. The van der Waals surface area contributed by atoms with E-state index in [2.05, 4.69) is 0 Å². The molecule has 0 rings (SSSR count). The fourth-order valence-electron chi connectivity index (χ4n) is 0. The van der Waals surface area contributed by atoms with Gasteiger partial charge in [0.05, 0.1) is 7.61 Å². The molecule has 27 valence electrons. The van der Waals surface area contributed by atoms with Crippen LogP contribution in [0.1, 0.15) is 9.67 Å². The second-order valence-electron chi connectivity index (χ2n) is 0.362. The largest absolute Gasteiger partial charge is 0.516 e. The zero-order chi connectivity index (χ0) is 5.15. The minimum Gasteiger partial charge on any atom is -0.516 e. The Morgan fingerprint density at radius 2 is 2.20 bits per heavy atom. The Balaban J connectivity index is 0. The maximum Gasteiger partial charge on any atom is 0.103 e. The van der Waals surface area contributed by atoms with E-state index in [9.17, 15) is 0 Å². The Morgan fingerprint density at radius 3 is 2.20 bits per heavy atom. The second-order valence-corrected chi connectivity index (χ2v) is 0.362. The standard InChI is InChI=1S/C3H6O.Ac/c1-2-3-4;/h2-4H,1H3;/b3-2-;/i2D,3D;. The van der Waals surface area contributed by atoms with Gasteiger partial charge in [-0.05, 0) is 6.92 Å². The number of hydrogen-bond acceptors (Lipinski definition) is 1. The van der Waals surface area contributed by atoms with E-state index in [0.29, 0.717) is 0 Å². The summed E-state index contributed by atoms with van der Waals surface area (Å²) in [7, 11) is 0. The third-order valence-electron chi connectivity index (χ3n) is 0.112. The van der Waals surface area contributed by atoms with Crippen LogP contribution in [0.5, 0.6) is 0 Å². The predicted octanol–water partition coefficient (Wildman–Crippen LogP) is 1.08. The van der Waals surface area contributed by atoms with Gasteiger partial charge < -0.3 is 5.11 Å². The summed E-state index contributed by atoms with van der Waals surface area (Å²) in [5.74, 6) is 0. The van der Waals surface area contributed by atoms with Crippen molar-refractivity contribution in [1.29, 1.82) is 0 Å². The molecule has 0 bridgehead atoms. The van der Waals surface area contributed by atoms with Crippen molar-refractivity contribution in [3.63, 3.8) is 0 Å². The van der Waals surface area contributed by atoms with Crippen LogP contribution in [-0.2, 0) is 0 Å². The molecule has 0 spiro atoms. The van der Waals surface area contributed by atoms with E-state index in [4.69, 9.17) is 7.85 Å². The summed E-state index contributed by atoms with van der Waals surface area (Å²) in [6.07, 6.45) is -0.657. The average Bonchev–Trinajstić information content (AvgIpc) is 1.36. The van der Waals surface area contributed by atoms with E-state index in [1.807, 2.05) is 0 Å². The van der Waals surface area contributed by atoms with Gasteiger partial charge in [-0.2, -0.15) is 0 Å². The van der Waals surface area contributed by atoms with E-state index in [1.54, 1.807) is 0 Å². The number of allylic oxidation sites excluding steroid dienone is 1. The van der Waals surface area contributed by atoms with E-state index in [-0.39, 0.29) is 50.1 Å². The second kappa shape index (κ2) is 8.88. The third-order valence-corrected chi connectivity index (χ3v) is 0.112. The molecular formula is C3H6AcO. The van der Waals surface area contributed by atoms with Crippen LogP contribution in [0.15, 0.2) is 12.3 Å². The number of hydrogen-bond donors (Lipinski definition) is 1. The van der Waals surface area contributed by atoms with E-state index < -0.39 is 6.24 Å². The van der Waals surface area contributed by atoms with Crippen molar-refractivity contribution in [2.75, 3.05) is 0 Å². The summed E-state index contributed by atoms with van der Waals surface area (Å²) in [6, 6.07) is -0.102. The molecule has 1 radical (unpaired) electrons. The fraction of sp³-hybridized carbons (Fsp3) is 0.333. The number of rotatable bonds is 0. The molecule has 0 aromatic heterocycles. The van der Waals surface area contributed by atoms with E-state index in [1.165, 1.54) is 6.92 Å². The van der Waals surface area contributed by atoms with Crippen molar-refractivity contribution in [3.05, 3.63) is 12.3 Å². The van der Waals surface area contributed by atoms with Gasteiger partial charge in [0.1, 0.15) is 1.37 Å². The molecule has 1 nitrogen and oxygen atoms in total. The Morgan fingerprint density at radius 1 is 2.00 bits per heavy atom. The van der Waals surface area contributed by atoms with Crippen LogP contribution in [0.4, 0.5) is 0 Å². The molecule has 0 saturated heterocycles. The molecule has 0 fully saturated rings. The quantitative estimate of drug-likeness (QED) is 0.661. The first-order valence-electron chi connectivity index (χ1n) is 1.97. The maximum absolute atomic E-state index is 7.99. The van der Waals surface area contributed by atoms with Crippen LogP contribution in [-0.4, -0.2) is 5.11 Å². The fourth-order valence-corrected chi connectivity index (χ4v) is 0. The summed E-state index contributed by atoms with van der Waals surface area (Å²) in [5.41, 5.74) is 0. The van der Waals surface area contributed by atoms with Crippen molar-refractivity contribution in [2.24, 2.45) is 0 Å². The van der Waals surface area contributed by atoms with Crippen molar-refractivity contribution in [3.8, 4) is 0 Å². The van der Waals surface area contributed by atoms with Crippen LogP contribution in [0.2, 0.25) is 0 Å². The molecule has 0 atom stereocenters. The van der Waals surface area contributed by atoms with Crippen LogP contribution in [0, 0.1) is 44.1 Å². The molecule has 0 aliphatic rings. The molecule has 0 aliphatic carbocycles. The monoisotopic (exact) mass is 287 g/mol. The normalized spacial score (nSPS) is 17.0. The van der Waals surface area contributed by atoms with Crippen molar-refractivity contribution >= 4 is 0 Å². The summed E-state index contributed by atoms with van der Waals surface area (Å²) < 4.78 is 12.8. The van der Waals surface area contributed by atoms with Gasteiger partial charge in [0.25, 0.3) is 0 Å². The third kappa shape index (κ3) is 11.3. The zero-order valence-corrected chi connectivity index (χ0v) is 7.77. The summed E-state index contributed by atoms with van der Waals surface area (Å²) in [6.45, 7) is 1.35. The molecule has 0 heterocycles. The first kappa shape index (κ1) is 4.15. The molecule has 0 unspecified atom stereocenters. The first-order valence-corrected chi connectivity index (χ1v) is 0.974. The van der Waals surface area contributed by atoms with Crippen molar-refractivity contribution in [1.82, 2.24) is 0 Å². The Kier molecular flexibility index (Phi) is 7.37. The minimum atomic E-state index is -0.657. The first-order chi connectivity index (χ1) is 2.64. The maximum atomic E-state index is 7.99. The van der Waals surface area contributed by atoms with Gasteiger partial charge >= 0.3 is 0 Å². The van der Waals surface area contributed by atoms with Gasteiger partial charge in [0.15, 0.2) is 0 Å². The minimum absolute atomic E-state index is 0. The predicted molar refractivity (Wildman–Crippen MR) is 17.4 cm³/mol. The molecule has 0 aromatic rings. The Bertz CT molecular complexity index is 63.0. The van der Waals surface area contributed by atoms with E-state index >= 15 is 0 Å².